The highest BCUT2D eigenvalue weighted by Crippen LogP contribution is 2.42. The lowest BCUT2D eigenvalue weighted by Crippen LogP contribution is -2.55. The van der Waals surface area contributed by atoms with Gasteiger partial charge in [0.2, 0.25) is 0 Å². The van der Waals surface area contributed by atoms with Crippen LogP contribution >= 0.6 is 27.3 Å². The topological polar surface area (TPSA) is 93.6 Å². The summed E-state index contributed by atoms with van der Waals surface area (Å²) in [5.74, 6) is -1.32. The average molecular weight is 462 g/mol. The molecule has 1 aliphatic rings. The highest BCUT2D eigenvalue weighted by molar-refractivity contribution is 9.11. The summed E-state index contributed by atoms with van der Waals surface area (Å²) in [5, 5.41) is 9.93. The molecular weight excluding hydrogens is 442 g/mol. The lowest BCUT2D eigenvalue weighted by atomic mass is 9.80. The van der Waals surface area contributed by atoms with Gasteiger partial charge in [0.1, 0.15) is 0 Å². The molecule has 1 aromatic heterocycles. The van der Waals surface area contributed by atoms with E-state index in [4.69, 9.17) is 4.74 Å². The fraction of sp³-hybridized carbons (Fsp3) is 0.529. The predicted octanol–water partition coefficient (Wildman–Crippen LogP) is 3.88. The molecule has 1 aromatic carbocycles. The van der Waals surface area contributed by atoms with Crippen LogP contribution in [0.3, 0.4) is 0 Å². The lowest BCUT2D eigenvalue weighted by molar-refractivity contribution is -0.147. The fourth-order valence-corrected chi connectivity index (χ4v) is 6.65. The molecule has 1 saturated heterocycles. The third-order valence-electron chi connectivity index (χ3n) is 4.85. The molecular formula is C17H20BrNO5S2. The Kier molecular flexibility index (Phi) is 4.96. The molecule has 3 rings (SSSR count). The van der Waals surface area contributed by atoms with Crippen molar-refractivity contribution in [3.8, 4) is 0 Å². The first-order chi connectivity index (χ1) is 12.0. The van der Waals surface area contributed by atoms with Gasteiger partial charge in [-0.05, 0) is 39.5 Å². The summed E-state index contributed by atoms with van der Waals surface area (Å²) in [5.41, 5.74) is 0.313. The van der Waals surface area contributed by atoms with E-state index < -0.39 is 26.7 Å². The zero-order chi connectivity index (χ0) is 19.3. The van der Waals surface area contributed by atoms with Crippen molar-refractivity contribution in [1.29, 1.82) is 0 Å². The van der Waals surface area contributed by atoms with Gasteiger partial charge in [-0.15, -0.1) is 11.3 Å². The number of benzene rings is 1. The van der Waals surface area contributed by atoms with Crippen LogP contribution in [0.5, 0.6) is 0 Å². The van der Waals surface area contributed by atoms with E-state index >= 15 is 0 Å². The number of sulfone groups is 1. The Morgan fingerprint density at radius 1 is 1.42 bits per heavy atom. The van der Waals surface area contributed by atoms with Gasteiger partial charge in [0.05, 0.1) is 21.2 Å². The molecule has 0 aliphatic carbocycles. The average Bonchev–Trinajstić information content (AvgIpc) is 2.92. The zero-order valence-electron chi connectivity index (χ0n) is 14.7. The highest BCUT2D eigenvalue weighted by Gasteiger charge is 2.56. The summed E-state index contributed by atoms with van der Waals surface area (Å²) in [6.45, 7) is 5.86. The summed E-state index contributed by atoms with van der Waals surface area (Å²) in [4.78, 5) is 16.4. The number of nitrogens with zero attached hydrogens (tertiary/aromatic N) is 1. The van der Waals surface area contributed by atoms with E-state index in [0.29, 0.717) is 14.1 Å². The van der Waals surface area contributed by atoms with E-state index in [1.54, 1.807) is 6.07 Å². The molecule has 0 spiro atoms. The molecule has 26 heavy (non-hydrogen) atoms. The summed E-state index contributed by atoms with van der Waals surface area (Å²) in [7, 11) is -4.11. The van der Waals surface area contributed by atoms with Crippen molar-refractivity contribution in [2.24, 2.45) is 5.41 Å². The van der Waals surface area contributed by atoms with Gasteiger partial charge in [-0.25, -0.2) is 13.4 Å². The molecule has 2 unspecified atom stereocenters. The van der Waals surface area contributed by atoms with Crippen LogP contribution in [0.25, 0.3) is 10.2 Å². The second-order valence-corrected chi connectivity index (χ2v) is 12.1. The van der Waals surface area contributed by atoms with Gasteiger partial charge < -0.3 is 9.84 Å². The number of carboxylic acids is 1. The first kappa shape index (κ1) is 19.7. The SMILES string of the molecule is CC(C)(C)C1CC(C(=O)O)(S(=O)(=O)c2ccc3nc(Br)sc3c2)CCO1. The highest BCUT2D eigenvalue weighted by atomic mass is 79.9. The molecule has 6 nitrogen and oxygen atoms in total. The number of carboxylic acid groups (broad SMARTS) is 1. The zero-order valence-corrected chi connectivity index (χ0v) is 17.9. The Labute approximate surface area is 164 Å². The van der Waals surface area contributed by atoms with Gasteiger partial charge >= 0.3 is 5.97 Å². The molecule has 2 heterocycles. The van der Waals surface area contributed by atoms with Crippen molar-refractivity contribution in [2.45, 2.75) is 49.4 Å². The molecule has 1 fully saturated rings. The van der Waals surface area contributed by atoms with Crippen LogP contribution in [-0.4, -0.2) is 41.9 Å². The molecule has 142 valence electrons. The van der Waals surface area contributed by atoms with Crippen molar-refractivity contribution in [2.75, 3.05) is 6.61 Å². The number of halogens is 1. The van der Waals surface area contributed by atoms with Crippen LogP contribution in [-0.2, 0) is 19.4 Å². The smallest absolute Gasteiger partial charge is 0.325 e. The van der Waals surface area contributed by atoms with E-state index in [0.717, 1.165) is 0 Å². The number of hydrogen-bond acceptors (Lipinski definition) is 6. The van der Waals surface area contributed by atoms with Crippen LogP contribution in [0.2, 0.25) is 0 Å². The third-order valence-corrected chi connectivity index (χ3v) is 8.77. The number of fused-ring (bicyclic) bond motifs is 1. The van der Waals surface area contributed by atoms with Crippen LogP contribution < -0.4 is 0 Å². The summed E-state index contributed by atoms with van der Waals surface area (Å²) in [6.07, 6.45) is -0.594. The van der Waals surface area contributed by atoms with Gasteiger partial charge in [0.15, 0.2) is 18.5 Å². The molecule has 0 saturated carbocycles. The largest absolute Gasteiger partial charge is 0.480 e. The molecule has 0 bridgehead atoms. The summed E-state index contributed by atoms with van der Waals surface area (Å²) in [6, 6.07) is 4.56. The van der Waals surface area contributed by atoms with Crippen LogP contribution in [0, 0.1) is 5.41 Å². The van der Waals surface area contributed by atoms with Crippen molar-refractivity contribution >= 4 is 53.3 Å². The van der Waals surface area contributed by atoms with Crippen molar-refractivity contribution < 1.29 is 23.1 Å². The van der Waals surface area contributed by atoms with E-state index in [-0.39, 0.29) is 29.8 Å². The van der Waals surface area contributed by atoms with E-state index in [1.807, 2.05) is 20.8 Å². The van der Waals surface area contributed by atoms with E-state index in [1.165, 1.54) is 23.5 Å². The molecule has 0 radical (unpaired) electrons. The Balaban J connectivity index is 2.12. The Bertz CT molecular complexity index is 963. The van der Waals surface area contributed by atoms with Crippen LogP contribution in [0.1, 0.15) is 33.6 Å². The van der Waals surface area contributed by atoms with Crippen molar-refractivity contribution in [3.05, 3.63) is 22.1 Å². The number of aromatic nitrogens is 1. The minimum absolute atomic E-state index is 0.0121. The molecule has 1 N–H and O–H groups in total. The summed E-state index contributed by atoms with van der Waals surface area (Å²) < 4.78 is 32.0. The van der Waals surface area contributed by atoms with Gasteiger partial charge in [0, 0.05) is 19.4 Å². The second kappa shape index (κ2) is 6.54. The normalized spacial score (nSPS) is 24.7. The minimum atomic E-state index is -4.11. The van der Waals surface area contributed by atoms with Gasteiger partial charge in [-0.2, -0.15) is 0 Å². The number of rotatable bonds is 3. The third kappa shape index (κ3) is 3.19. The van der Waals surface area contributed by atoms with Gasteiger partial charge in [-0.3, -0.25) is 4.79 Å². The number of aliphatic carboxylic acids is 1. The maximum atomic E-state index is 13.4. The number of carbonyl (C=O) groups is 1. The Hall–Kier alpha value is -1.03. The molecule has 2 aromatic rings. The van der Waals surface area contributed by atoms with Crippen molar-refractivity contribution in [1.82, 2.24) is 4.98 Å². The molecule has 9 heteroatoms. The van der Waals surface area contributed by atoms with E-state index in [2.05, 4.69) is 20.9 Å². The Morgan fingerprint density at radius 3 is 2.73 bits per heavy atom. The maximum absolute atomic E-state index is 13.4. The molecule has 1 aliphatic heterocycles. The summed E-state index contributed by atoms with van der Waals surface area (Å²) >= 11 is 4.60. The Morgan fingerprint density at radius 2 is 2.12 bits per heavy atom. The number of hydrogen-bond donors (Lipinski definition) is 1. The predicted molar refractivity (Wildman–Crippen MR) is 103 cm³/mol. The monoisotopic (exact) mass is 461 g/mol. The molecule has 2 atom stereocenters. The van der Waals surface area contributed by atoms with Crippen LogP contribution in [0.15, 0.2) is 27.0 Å². The first-order valence-electron chi connectivity index (χ1n) is 8.13. The van der Waals surface area contributed by atoms with Gasteiger partial charge in [0.25, 0.3) is 0 Å². The van der Waals surface area contributed by atoms with E-state index in [9.17, 15) is 18.3 Å². The van der Waals surface area contributed by atoms with Crippen molar-refractivity contribution in [3.63, 3.8) is 0 Å². The maximum Gasteiger partial charge on any atom is 0.325 e. The first-order valence-corrected chi connectivity index (χ1v) is 11.2. The number of ether oxygens (including phenoxy) is 1. The molecule has 0 amide bonds. The quantitative estimate of drug-likeness (QED) is 0.744. The minimum Gasteiger partial charge on any atom is -0.480 e. The second-order valence-electron chi connectivity index (χ2n) is 7.58. The fourth-order valence-electron chi connectivity index (χ4n) is 3.21. The lowest BCUT2D eigenvalue weighted by Gasteiger charge is -2.42. The van der Waals surface area contributed by atoms with Crippen LogP contribution in [0.4, 0.5) is 0 Å². The van der Waals surface area contributed by atoms with Gasteiger partial charge in [-0.1, -0.05) is 20.8 Å². The number of thiazole rings is 1. The standard InChI is InChI=1S/C17H20BrNO5S2/c1-16(2,3)13-9-17(14(20)21,6-7-24-13)26(22,23)10-4-5-11-12(8-10)25-15(18)19-11/h4-5,8,13H,6-7,9H2,1-3H3,(H,20,21).